The van der Waals surface area contributed by atoms with Crippen molar-refractivity contribution in [2.75, 3.05) is 19.0 Å². The first-order valence-corrected chi connectivity index (χ1v) is 12.3. The molecule has 0 saturated carbocycles. The molecule has 0 bridgehead atoms. The topological polar surface area (TPSA) is 84.9 Å². The number of carbonyl (C=O) groups is 3. The van der Waals surface area contributed by atoms with Crippen molar-refractivity contribution in [2.24, 2.45) is 0 Å². The summed E-state index contributed by atoms with van der Waals surface area (Å²) in [5.74, 6) is -0.0323. The molecule has 10 heteroatoms. The molecule has 3 aromatic rings. The standard InChI is InChI=1S/C26H20Cl2N2O5S/c1-34-22-12-16(10-11-21(22)35-15-24(31)29-17-6-3-2-4-7-17)13-23-25(32)30(26(33)36-23)14-18-19(27)8-5-9-20(18)28/h2-13H,14-15H2,1H3,(H,29,31). The summed E-state index contributed by atoms with van der Waals surface area (Å²) in [6.07, 6.45) is 1.59. The van der Waals surface area contributed by atoms with Crippen molar-refractivity contribution < 1.29 is 23.9 Å². The number of ether oxygens (including phenoxy) is 2. The molecule has 0 aliphatic carbocycles. The minimum Gasteiger partial charge on any atom is -0.493 e. The van der Waals surface area contributed by atoms with Gasteiger partial charge in [-0.05, 0) is 59.8 Å². The summed E-state index contributed by atoms with van der Waals surface area (Å²) in [4.78, 5) is 39.0. The smallest absolute Gasteiger partial charge is 0.293 e. The fraction of sp³-hybridized carbons (Fsp3) is 0.115. The Morgan fingerprint density at radius 3 is 2.42 bits per heavy atom. The van der Waals surface area contributed by atoms with E-state index >= 15 is 0 Å². The molecule has 4 rings (SSSR count). The fourth-order valence-electron chi connectivity index (χ4n) is 3.38. The number of amides is 3. The van der Waals surface area contributed by atoms with Crippen molar-refractivity contribution in [2.45, 2.75) is 6.54 Å². The first-order valence-electron chi connectivity index (χ1n) is 10.7. The van der Waals surface area contributed by atoms with Gasteiger partial charge in [0.15, 0.2) is 18.1 Å². The van der Waals surface area contributed by atoms with E-state index in [1.807, 2.05) is 18.2 Å². The number of rotatable bonds is 8. The van der Waals surface area contributed by atoms with E-state index in [0.717, 1.165) is 16.7 Å². The quantitative estimate of drug-likeness (QED) is 0.338. The number of methoxy groups -OCH3 is 1. The molecule has 0 atom stereocenters. The van der Waals surface area contributed by atoms with Crippen LogP contribution in [0.4, 0.5) is 10.5 Å². The van der Waals surface area contributed by atoms with E-state index in [4.69, 9.17) is 32.7 Å². The highest BCUT2D eigenvalue weighted by atomic mass is 35.5. The van der Waals surface area contributed by atoms with Gasteiger partial charge in [0, 0.05) is 21.3 Å². The summed E-state index contributed by atoms with van der Waals surface area (Å²) < 4.78 is 11.0. The van der Waals surface area contributed by atoms with Gasteiger partial charge >= 0.3 is 0 Å². The van der Waals surface area contributed by atoms with Crippen LogP contribution in [0.5, 0.6) is 11.5 Å². The molecule has 0 spiro atoms. The van der Waals surface area contributed by atoms with E-state index < -0.39 is 11.1 Å². The van der Waals surface area contributed by atoms with Crippen LogP contribution in [0.1, 0.15) is 11.1 Å². The highest BCUT2D eigenvalue weighted by molar-refractivity contribution is 8.18. The van der Waals surface area contributed by atoms with Gasteiger partial charge in [-0.1, -0.05) is 53.5 Å². The third kappa shape index (κ3) is 6.02. The number of hydrogen-bond acceptors (Lipinski definition) is 6. The van der Waals surface area contributed by atoms with Gasteiger partial charge in [0.2, 0.25) is 0 Å². The predicted molar refractivity (Wildman–Crippen MR) is 142 cm³/mol. The Bertz CT molecular complexity index is 1330. The zero-order valence-electron chi connectivity index (χ0n) is 19.0. The van der Waals surface area contributed by atoms with Gasteiger partial charge in [-0.2, -0.15) is 0 Å². The molecule has 1 aliphatic rings. The molecule has 3 amide bonds. The van der Waals surface area contributed by atoms with Crippen molar-refractivity contribution in [3.05, 3.63) is 92.8 Å². The Hall–Kier alpha value is -3.46. The zero-order valence-corrected chi connectivity index (χ0v) is 21.3. The molecule has 0 aromatic heterocycles. The SMILES string of the molecule is COc1cc(C=C2SC(=O)N(Cc3c(Cl)cccc3Cl)C2=O)ccc1OCC(=O)Nc1ccccc1. The Morgan fingerprint density at radius 2 is 1.72 bits per heavy atom. The number of halogens is 2. The van der Waals surface area contributed by atoms with E-state index in [0.29, 0.717) is 38.4 Å². The first kappa shape index (κ1) is 25.6. The maximum Gasteiger partial charge on any atom is 0.293 e. The number of nitrogens with zero attached hydrogens (tertiary/aromatic N) is 1. The second-order valence-corrected chi connectivity index (χ2v) is 9.39. The van der Waals surface area contributed by atoms with E-state index in [1.165, 1.54) is 7.11 Å². The van der Waals surface area contributed by atoms with Crippen LogP contribution in [0.2, 0.25) is 10.0 Å². The number of anilines is 1. The molecule has 1 N–H and O–H groups in total. The largest absolute Gasteiger partial charge is 0.493 e. The number of para-hydroxylation sites is 1. The number of benzene rings is 3. The molecule has 1 aliphatic heterocycles. The van der Waals surface area contributed by atoms with Gasteiger partial charge in [-0.25, -0.2) is 0 Å². The van der Waals surface area contributed by atoms with Crippen molar-refractivity contribution >= 4 is 63.8 Å². The van der Waals surface area contributed by atoms with Crippen LogP contribution in [0.15, 0.2) is 71.6 Å². The van der Waals surface area contributed by atoms with Crippen LogP contribution in [-0.2, 0) is 16.1 Å². The third-order valence-electron chi connectivity index (χ3n) is 5.15. The molecule has 3 aromatic carbocycles. The highest BCUT2D eigenvalue weighted by Gasteiger charge is 2.35. The van der Waals surface area contributed by atoms with E-state index in [2.05, 4.69) is 5.32 Å². The van der Waals surface area contributed by atoms with E-state index in [1.54, 1.807) is 54.6 Å². The summed E-state index contributed by atoms with van der Waals surface area (Å²) >= 11 is 13.2. The van der Waals surface area contributed by atoms with Gasteiger partial charge in [-0.15, -0.1) is 0 Å². The van der Waals surface area contributed by atoms with Crippen LogP contribution in [0, 0.1) is 0 Å². The second kappa shape index (κ2) is 11.5. The molecule has 0 radical (unpaired) electrons. The number of nitrogens with one attached hydrogen (secondary N) is 1. The maximum atomic E-state index is 12.9. The van der Waals surface area contributed by atoms with Gasteiger partial charge in [0.05, 0.1) is 18.6 Å². The minimum absolute atomic E-state index is 0.0261. The third-order valence-corrected chi connectivity index (χ3v) is 6.77. The van der Waals surface area contributed by atoms with Crippen molar-refractivity contribution in [1.82, 2.24) is 4.90 Å². The second-order valence-electron chi connectivity index (χ2n) is 7.58. The molecular weight excluding hydrogens is 523 g/mol. The Kier molecular flexibility index (Phi) is 8.20. The Balaban J connectivity index is 1.44. The van der Waals surface area contributed by atoms with Crippen molar-refractivity contribution in [3.63, 3.8) is 0 Å². The first-order chi connectivity index (χ1) is 17.4. The van der Waals surface area contributed by atoms with E-state index in [9.17, 15) is 14.4 Å². The summed E-state index contributed by atoms with van der Waals surface area (Å²) in [7, 11) is 1.47. The fourth-order valence-corrected chi connectivity index (χ4v) is 4.74. The molecule has 36 heavy (non-hydrogen) atoms. The maximum absolute atomic E-state index is 12.9. The van der Waals surface area contributed by atoms with Crippen molar-refractivity contribution in [1.29, 1.82) is 0 Å². The lowest BCUT2D eigenvalue weighted by Crippen LogP contribution is -2.27. The summed E-state index contributed by atoms with van der Waals surface area (Å²) in [5.41, 5.74) is 1.79. The van der Waals surface area contributed by atoms with Crippen LogP contribution >= 0.6 is 35.0 Å². The number of thioether (sulfide) groups is 1. The molecule has 1 saturated heterocycles. The van der Waals surface area contributed by atoms with Crippen LogP contribution in [-0.4, -0.2) is 35.7 Å². The van der Waals surface area contributed by atoms with Crippen LogP contribution < -0.4 is 14.8 Å². The van der Waals surface area contributed by atoms with Crippen molar-refractivity contribution in [3.8, 4) is 11.5 Å². The summed E-state index contributed by atoms with van der Waals surface area (Å²) in [6.45, 7) is -0.240. The monoisotopic (exact) mass is 542 g/mol. The predicted octanol–water partition coefficient (Wildman–Crippen LogP) is 6.26. The number of hydrogen-bond donors (Lipinski definition) is 1. The number of carbonyl (C=O) groups excluding carboxylic acids is 3. The molecule has 1 heterocycles. The van der Waals surface area contributed by atoms with Gasteiger partial charge in [0.1, 0.15) is 0 Å². The number of imide groups is 1. The molecule has 184 valence electrons. The van der Waals surface area contributed by atoms with Crippen LogP contribution in [0.3, 0.4) is 0 Å². The summed E-state index contributed by atoms with van der Waals surface area (Å²) in [5, 5.41) is 3.08. The lowest BCUT2D eigenvalue weighted by molar-refractivity contribution is -0.123. The van der Waals surface area contributed by atoms with Gasteiger partial charge in [0.25, 0.3) is 17.1 Å². The average molecular weight is 543 g/mol. The van der Waals surface area contributed by atoms with Gasteiger partial charge in [-0.3, -0.25) is 19.3 Å². The molecule has 1 fully saturated rings. The summed E-state index contributed by atoms with van der Waals surface area (Å²) in [6, 6.07) is 19.0. The molecule has 7 nitrogen and oxygen atoms in total. The van der Waals surface area contributed by atoms with Crippen LogP contribution in [0.25, 0.3) is 6.08 Å². The normalized spacial score (nSPS) is 14.3. The van der Waals surface area contributed by atoms with E-state index in [-0.39, 0.29) is 24.0 Å². The average Bonchev–Trinajstić information content (AvgIpc) is 3.13. The highest BCUT2D eigenvalue weighted by Crippen LogP contribution is 2.37. The Morgan fingerprint density at radius 1 is 1.00 bits per heavy atom. The lowest BCUT2D eigenvalue weighted by atomic mass is 10.1. The molecular formula is C26H20Cl2N2O5S. The lowest BCUT2D eigenvalue weighted by Gasteiger charge is -2.14. The molecule has 0 unspecified atom stereocenters. The zero-order chi connectivity index (χ0) is 25.7. The van der Waals surface area contributed by atoms with Gasteiger partial charge < -0.3 is 14.8 Å². The Labute approximate surface area is 222 Å². The minimum atomic E-state index is -0.446.